The highest BCUT2D eigenvalue weighted by Gasteiger charge is 1.98. The van der Waals surface area contributed by atoms with E-state index in [-0.39, 0.29) is 19.2 Å². The maximum absolute atomic E-state index is 10.5. The summed E-state index contributed by atoms with van der Waals surface area (Å²) in [6, 6.07) is 0. The van der Waals surface area contributed by atoms with Gasteiger partial charge in [-0.2, -0.15) is 0 Å². The Morgan fingerprint density at radius 2 is 1.76 bits per heavy atom. The lowest BCUT2D eigenvalue weighted by Crippen LogP contribution is -2.02. The molecule has 6 nitrogen and oxygen atoms in total. The number of aliphatic carboxylic acids is 1. The number of esters is 1. The molecule has 0 saturated carbocycles. The summed E-state index contributed by atoms with van der Waals surface area (Å²) < 4.78 is 4.62. The highest BCUT2D eigenvalue weighted by atomic mass is 16.5. The summed E-state index contributed by atoms with van der Waals surface area (Å²) in [5.74, 6) is -1.30. The zero-order valence-electron chi connectivity index (χ0n) is 10.9. The molecule has 0 aromatic rings. The molecule has 0 saturated heterocycles. The van der Waals surface area contributed by atoms with Gasteiger partial charge < -0.3 is 20.9 Å². The van der Waals surface area contributed by atoms with Crippen LogP contribution in [0.3, 0.4) is 0 Å². The number of carbonyl (C=O) groups excluding carboxylic acids is 1. The largest absolute Gasteiger partial charge is 0.481 e. The van der Waals surface area contributed by atoms with Crippen molar-refractivity contribution in [2.24, 2.45) is 0 Å². The van der Waals surface area contributed by atoms with E-state index < -0.39 is 11.9 Å². The number of carboxylic acids is 1. The number of rotatable bonds is 6. The number of ether oxygens (including phenoxy) is 1. The Kier molecular flexibility index (Phi) is 18.0. The van der Waals surface area contributed by atoms with Crippen LogP contribution in [0, 0.1) is 0 Å². The number of carboxylic acid groups (broad SMARTS) is 1. The van der Waals surface area contributed by atoms with Gasteiger partial charge in [0.1, 0.15) is 0 Å². The van der Waals surface area contributed by atoms with E-state index in [0.717, 1.165) is 6.08 Å². The molecule has 0 aromatic carbocycles. The molecular formula is C11H24N2O4. The lowest BCUT2D eigenvalue weighted by Gasteiger charge is -1.99. The number of hydrogen-bond donors (Lipinski definition) is 2. The fourth-order valence-electron chi connectivity index (χ4n) is 0.610. The molecule has 0 aliphatic heterocycles. The average Bonchev–Trinajstić information content (AvgIpc) is 2.15. The summed E-state index contributed by atoms with van der Waals surface area (Å²) in [4.78, 5) is 22.5. The van der Waals surface area contributed by atoms with E-state index >= 15 is 0 Å². The van der Waals surface area contributed by atoms with Crippen LogP contribution in [-0.2, 0) is 14.3 Å². The molecule has 0 aliphatic rings. The van der Waals surface area contributed by atoms with Gasteiger partial charge in [0.2, 0.25) is 0 Å². The Morgan fingerprint density at radius 1 is 1.29 bits per heavy atom. The van der Waals surface area contributed by atoms with Crippen LogP contribution in [0.25, 0.3) is 0 Å². The van der Waals surface area contributed by atoms with Crippen molar-refractivity contribution in [3.8, 4) is 0 Å². The van der Waals surface area contributed by atoms with Crippen LogP contribution >= 0.6 is 0 Å². The van der Waals surface area contributed by atoms with Crippen LogP contribution in [0.5, 0.6) is 0 Å². The molecule has 0 amide bonds. The summed E-state index contributed by atoms with van der Waals surface area (Å²) in [6.07, 6.45) is 2.30. The number of nitrogens with zero attached hydrogens (tertiary/aromatic N) is 1. The molecule has 0 spiro atoms. The smallest absolute Gasteiger partial charge is 0.330 e. The zero-order valence-corrected chi connectivity index (χ0v) is 10.9. The lowest BCUT2D eigenvalue weighted by molar-refractivity contribution is -0.137. The molecule has 0 unspecified atom stereocenters. The first kappa shape index (κ1) is 20.9. The topological polar surface area (TPSA) is 102 Å². The third kappa shape index (κ3) is 31.3. The minimum absolute atomic E-state index is 0. The fraction of sp³-hybridized carbons (Fsp3) is 0.636. The average molecular weight is 248 g/mol. The molecule has 0 radical (unpaired) electrons. The number of carbonyl (C=O) groups is 2. The van der Waals surface area contributed by atoms with Gasteiger partial charge in [-0.25, -0.2) is 4.79 Å². The first-order chi connectivity index (χ1) is 7.40. The van der Waals surface area contributed by atoms with Gasteiger partial charge in [-0.3, -0.25) is 4.79 Å². The molecule has 102 valence electrons. The second-order valence-corrected chi connectivity index (χ2v) is 3.56. The van der Waals surface area contributed by atoms with Crippen LogP contribution in [0.2, 0.25) is 0 Å². The van der Waals surface area contributed by atoms with Crippen molar-refractivity contribution in [1.82, 2.24) is 11.1 Å². The zero-order chi connectivity index (χ0) is 13.0. The molecule has 6 heteroatoms. The maximum atomic E-state index is 10.5. The van der Waals surface area contributed by atoms with Crippen molar-refractivity contribution in [2.75, 3.05) is 27.7 Å². The van der Waals surface area contributed by atoms with Gasteiger partial charge in [-0.15, -0.1) is 0 Å². The van der Waals surface area contributed by atoms with E-state index in [2.05, 4.69) is 11.3 Å². The lowest BCUT2D eigenvalue weighted by atomic mass is 10.2. The summed E-state index contributed by atoms with van der Waals surface area (Å²) >= 11 is 0. The van der Waals surface area contributed by atoms with Gasteiger partial charge in [0.05, 0.1) is 6.61 Å². The number of unbranched alkanes of at least 4 members (excludes halogenated alkanes) is 1. The van der Waals surface area contributed by atoms with Crippen LogP contribution in [0.1, 0.15) is 19.3 Å². The van der Waals surface area contributed by atoms with Crippen molar-refractivity contribution in [3.63, 3.8) is 0 Å². The van der Waals surface area contributed by atoms with Crippen LogP contribution in [0.4, 0.5) is 0 Å². The molecule has 0 aliphatic carbocycles. The molecule has 0 aromatic heterocycles. The van der Waals surface area contributed by atoms with Crippen LogP contribution in [-0.4, -0.2) is 49.7 Å². The van der Waals surface area contributed by atoms with Crippen molar-refractivity contribution in [3.05, 3.63) is 12.7 Å². The van der Waals surface area contributed by atoms with E-state index in [1.807, 2.05) is 26.0 Å². The third-order valence-electron chi connectivity index (χ3n) is 1.20. The van der Waals surface area contributed by atoms with Crippen molar-refractivity contribution in [1.29, 1.82) is 0 Å². The number of hydrogen-bond acceptors (Lipinski definition) is 5. The quantitative estimate of drug-likeness (QED) is 0.417. The minimum Gasteiger partial charge on any atom is -0.481 e. The molecule has 0 heterocycles. The minimum atomic E-state index is -0.829. The van der Waals surface area contributed by atoms with Gasteiger partial charge in [-0.1, -0.05) is 6.58 Å². The fourth-order valence-corrected chi connectivity index (χ4v) is 0.610. The Hall–Kier alpha value is -1.40. The van der Waals surface area contributed by atoms with E-state index in [1.165, 1.54) is 0 Å². The van der Waals surface area contributed by atoms with Crippen molar-refractivity contribution in [2.45, 2.75) is 19.3 Å². The Bertz CT molecular complexity index is 215. The second kappa shape index (κ2) is 14.6. The molecule has 0 atom stereocenters. The maximum Gasteiger partial charge on any atom is 0.330 e. The first-order valence-electron chi connectivity index (χ1n) is 5.02. The van der Waals surface area contributed by atoms with Gasteiger partial charge in [0.15, 0.2) is 0 Å². The predicted octanol–water partition coefficient (Wildman–Crippen LogP) is 1.31. The molecule has 0 bridgehead atoms. The van der Waals surface area contributed by atoms with Crippen LogP contribution < -0.4 is 6.15 Å². The SMILES string of the molecule is C=CC(=O)OCCCCC(=O)O.CN(C)C.N. The van der Waals surface area contributed by atoms with Crippen molar-refractivity contribution < 1.29 is 19.4 Å². The summed E-state index contributed by atoms with van der Waals surface area (Å²) in [5.41, 5.74) is 0. The normalized spacial score (nSPS) is 8.47. The third-order valence-corrected chi connectivity index (χ3v) is 1.20. The van der Waals surface area contributed by atoms with Crippen LogP contribution in [0.15, 0.2) is 12.7 Å². The Balaban J connectivity index is -0.000000340. The molecule has 17 heavy (non-hydrogen) atoms. The van der Waals surface area contributed by atoms with Crippen molar-refractivity contribution >= 4 is 11.9 Å². The van der Waals surface area contributed by atoms with Gasteiger partial charge in [0, 0.05) is 12.5 Å². The molecule has 4 N–H and O–H groups in total. The van der Waals surface area contributed by atoms with E-state index in [4.69, 9.17) is 5.11 Å². The van der Waals surface area contributed by atoms with Gasteiger partial charge in [-0.05, 0) is 34.0 Å². The highest BCUT2D eigenvalue weighted by molar-refractivity contribution is 5.81. The summed E-state index contributed by atoms with van der Waals surface area (Å²) in [7, 11) is 6.00. The highest BCUT2D eigenvalue weighted by Crippen LogP contribution is 1.95. The summed E-state index contributed by atoms with van der Waals surface area (Å²) in [5, 5.41) is 8.24. The summed E-state index contributed by atoms with van der Waals surface area (Å²) in [6.45, 7) is 3.48. The second-order valence-electron chi connectivity index (χ2n) is 3.56. The van der Waals surface area contributed by atoms with E-state index in [9.17, 15) is 9.59 Å². The Labute approximate surface area is 103 Å². The first-order valence-corrected chi connectivity index (χ1v) is 5.02. The van der Waals surface area contributed by atoms with Gasteiger partial charge in [0.25, 0.3) is 0 Å². The molecular weight excluding hydrogens is 224 g/mol. The molecule has 0 rings (SSSR count). The predicted molar refractivity (Wildman–Crippen MR) is 67.3 cm³/mol. The monoisotopic (exact) mass is 248 g/mol. The standard InChI is InChI=1S/C8H12O4.C3H9N.H3N/c1-2-8(11)12-6-4-3-5-7(9)10;1-4(2)3;/h2H,1,3-6H2,(H,9,10);1-3H3;1H3. The van der Waals surface area contributed by atoms with Gasteiger partial charge >= 0.3 is 11.9 Å². The Morgan fingerprint density at radius 3 is 2.12 bits per heavy atom. The van der Waals surface area contributed by atoms with E-state index in [0.29, 0.717) is 12.8 Å². The molecule has 0 fully saturated rings. The van der Waals surface area contributed by atoms with E-state index in [1.54, 1.807) is 0 Å².